The summed E-state index contributed by atoms with van der Waals surface area (Å²) in [5, 5.41) is 17.3. The molecule has 2 aromatic heterocycles. The van der Waals surface area contributed by atoms with Gasteiger partial charge in [-0.15, -0.1) is 0 Å². The summed E-state index contributed by atoms with van der Waals surface area (Å²) in [6, 6.07) is 2.05. The van der Waals surface area contributed by atoms with Crippen molar-refractivity contribution in [3.05, 3.63) is 33.2 Å². The number of anilines is 2. The van der Waals surface area contributed by atoms with E-state index in [1.807, 2.05) is 4.90 Å². The Balaban J connectivity index is 1.35. The molecule has 0 unspecified atom stereocenters. The molecule has 1 amide bonds. The summed E-state index contributed by atoms with van der Waals surface area (Å²) < 4.78 is 44.2. The summed E-state index contributed by atoms with van der Waals surface area (Å²) >= 11 is 1.31. The molecule has 3 rings (SSSR count). The van der Waals surface area contributed by atoms with Crippen molar-refractivity contribution in [2.75, 3.05) is 56.2 Å². The van der Waals surface area contributed by atoms with Gasteiger partial charge < -0.3 is 19.9 Å². The third-order valence-electron chi connectivity index (χ3n) is 4.67. The van der Waals surface area contributed by atoms with Crippen molar-refractivity contribution in [2.45, 2.75) is 12.6 Å². The average Bonchev–Trinajstić information content (AvgIpc) is 3.24. The Labute approximate surface area is 184 Å². The first-order chi connectivity index (χ1) is 15.3. The number of nitrogens with one attached hydrogen (secondary N) is 2. The van der Waals surface area contributed by atoms with Crippen LogP contribution in [0.2, 0.25) is 0 Å². The second kappa shape index (κ2) is 10.4. The predicted octanol–water partition coefficient (Wildman–Crippen LogP) is 1.28. The summed E-state index contributed by atoms with van der Waals surface area (Å²) in [4.78, 5) is 32.2. The van der Waals surface area contributed by atoms with Gasteiger partial charge in [0.05, 0.1) is 37.7 Å². The number of amides is 1. The molecule has 0 aliphatic carbocycles. The topological polar surface area (TPSA) is 127 Å². The maximum atomic E-state index is 13.0. The number of carbonyl (C=O) groups excluding carboxylic acids is 1. The lowest BCUT2D eigenvalue weighted by Crippen LogP contribution is -2.49. The highest BCUT2D eigenvalue weighted by atomic mass is 32.1. The molecule has 10 nitrogen and oxygen atoms in total. The first-order valence-electron chi connectivity index (χ1n) is 9.64. The molecule has 1 aliphatic rings. The molecular weight excluding hydrogens is 451 g/mol. The van der Waals surface area contributed by atoms with Gasteiger partial charge in [0.2, 0.25) is 5.91 Å². The van der Waals surface area contributed by atoms with Crippen LogP contribution in [0.15, 0.2) is 17.2 Å². The molecule has 32 heavy (non-hydrogen) atoms. The number of hydrogen-bond donors (Lipinski definition) is 2. The molecule has 0 atom stereocenters. The largest absolute Gasteiger partial charge is 0.423 e. The number of piperazine rings is 1. The molecular formula is C18H20F3N7O3S. The van der Waals surface area contributed by atoms with Crippen molar-refractivity contribution in [3.8, 4) is 6.07 Å². The van der Waals surface area contributed by atoms with E-state index in [2.05, 4.69) is 21.5 Å². The second-order valence-corrected chi connectivity index (χ2v) is 7.77. The fourth-order valence-electron chi connectivity index (χ4n) is 3.10. The zero-order valence-electron chi connectivity index (χ0n) is 16.8. The van der Waals surface area contributed by atoms with E-state index in [0.29, 0.717) is 31.1 Å². The molecule has 172 valence electrons. The van der Waals surface area contributed by atoms with Crippen molar-refractivity contribution in [2.24, 2.45) is 0 Å². The van der Waals surface area contributed by atoms with Gasteiger partial charge in [-0.3, -0.25) is 9.59 Å². The van der Waals surface area contributed by atoms with E-state index in [1.165, 1.54) is 17.5 Å². The van der Waals surface area contributed by atoms with Crippen LogP contribution in [-0.2, 0) is 15.7 Å². The van der Waals surface area contributed by atoms with Crippen molar-refractivity contribution in [1.82, 2.24) is 20.1 Å². The summed E-state index contributed by atoms with van der Waals surface area (Å²) in [6.07, 6.45) is -2.25. The number of nitriles is 1. The van der Waals surface area contributed by atoms with Gasteiger partial charge >= 0.3 is 6.18 Å². The van der Waals surface area contributed by atoms with Crippen LogP contribution in [0, 0.1) is 11.3 Å². The van der Waals surface area contributed by atoms with Crippen LogP contribution < -0.4 is 15.8 Å². The van der Waals surface area contributed by atoms with Gasteiger partial charge in [0.15, 0.2) is 5.13 Å². The Hall–Kier alpha value is -3.18. The normalized spacial score (nSPS) is 14.3. The highest BCUT2D eigenvalue weighted by molar-refractivity contribution is 7.16. The molecule has 1 aliphatic heterocycles. The van der Waals surface area contributed by atoms with Crippen LogP contribution in [0.25, 0.3) is 0 Å². The molecule has 0 saturated carbocycles. The number of alkyl halides is 3. The quantitative estimate of drug-likeness (QED) is 0.552. The van der Waals surface area contributed by atoms with Crippen molar-refractivity contribution >= 4 is 28.1 Å². The van der Waals surface area contributed by atoms with Crippen LogP contribution in [-0.4, -0.2) is 71.9 Å². The molecule has 1 fully saturated rings. The summed E-state index contributed by atoms with van der Waals surface area (Å²) in [5.74, 6) is -0.0763. The van der Waals surface area contributed by atoms with Crippen LogP contribution in [0.4, 0.5) is 24.0 Å². The molecule has 0 spiro atoms. The Bertz CT molecular complexity index is 1030. The molecule has 14 heteroatoms. The number of rotatable bonds is 8. The number of carbonyl (C=O) groups is 1. The van der Waals surface area contributed by atoms with Crippen LogP contribution in [0.3, 0.4) is 0 Å². The zero-order valence-corrected chi connectivity index (χ0v) is 17.6. The minimum Gasteiger partial charge on any atom is -0.381 e. The van der Waals surface area contributed by atoms with Gasteiger partial charge in [-0.25, -0.2) is 10.1 Å². The van der Waals surface area contributed by atoms with E-state index >= 15 is 0 Å². The van der Waals surface area contributed by atoms with Gasteiger partial charge in [-0.05, 0) is 0 Å². The summed E-state index contributed by atoms with van der Waals surface area (Å²) in [6.45, 7) is 2.46. The maximum absolute atomic E-state index is 13.0. The minimum atomic E-state index is -4.81. The summed E-state index contributed by atoms with van der Waals surface area (Å²) in [7, 11) is 0. The molecule has 1 saturated heterocycles. The fraction of sp³-hybridized carbons (Fsp3) is 0.500. The van der Waals surface area contributed by atoms with Crippen molar-refractivity contribution in [3.63, 3.8) is 0 Å². The molecule has 0 radical (unpaired) electrons. The number of nitrogens with zero attached hydrogens (tertiary/aromatic N) is 5. The molecule has 0 aromatic carbocycles. The molecule has 2 N–H and O–H groups in total. The van der Waals surface area contributed by atoms with E-state index < -0.39 is 23.0 Å². The first-order valence-corrected chi connectivity index (χ1v) is 10.5. The molecule has 2 aromatic rings. The lowest BCUT2D eigenvalue weighted by molar-refractivity contribution is -0.138. The van der Waals surface area contributed by atoms with E-state index in [0.717, 1.165) is 11.3 Å². The zero-order chi connectivity index (χ0) is 23.1. The Morgan fingerprint density at radius 3 is 2.69 bits per heavy atom. The van der Waals surface area contributed by atoms with E-state index in [-0.39, 0.29) is 32.1 Å². The number of H-pyrrole nitrogens is 1. The number of ether oxygens (including phenoxy) is 1. The number of thiazole rings is 1. The first kappa shape index (κ1) is 23.5. The monoisotopic (exact) mass is 471 g/mol. The lowest BCUT2D eigenvalue weighted by Gasteiger charge is -2.34. The van der Waals surface area contributed by atoms with Crippen molar-refractivity contribution in [1.29, 1.82) is 5.26 Å². The van der Waals surface area contributed by atoms with Gasteiger partial charge in [-0.2, -0.15) is 23.5 Å². The third-order valence-corrected chi connectivity index (χ3v) is 5.63. The number of halogens is 3. The van der Waals surface area contributed by atoms with Gasteiger partial charge in [0.1, 0.15) is 16.5 Å². The highest BCUT2D eigenvalue weighted by Gasteiger charge is 2.37. The SMILES string of the molecule is N#Cc1cnc(N2CCN(C(=O)CCOCCNc3cn[nH]c(=O)c3C(F)(F)F)CC2)s1. The van der Waals surface area contributed by atoms with Crippen molar-refractivity contribution < 1.29 is 22.7 Å². The number of aromatic nitrogens is 3. The fourth-order valence-corrected chi connectivity index (χ4v) is 3.87. The van der Waals surface area contributed by atoms with Crippen LogP contribution >= 0.6 is 11.3 Å². The summed E-state index contributed by atoms with van der Waals surface area (Å²) in [5.41, 5.74) is -3.10. The predicted molar refractivity (Wildman–Crippen MR) is 109 cm³/mol. The maximum Gasteiger partial charge on any atom is 0.423 e. The second-order valence-electron chi connectivity index (χ2n) is 6.76. The van der Waals surface area contributed by atoms with E-state index in [4.69, 9.17) is 10.00 Å². The Kier molecular flexibility index (Phi) is 7.65. The van der Waals surface area contributed by atoms with Crippen LogP contribution in [0.1, 0.15) is 16.9 Å². The minimum absolute atomic E-state index is 0.0135. The Morgan fingerprint density at radius 2 is 2.03 bits per heavy atom. The van der Waals surface area contributed by atoms with E-state index in [1.54, 1.807) is 10.00 Å². The standard InChI is InChI=1S/C18H20F3N7O3S/c19-18(20,21)15-13(11-25-26-16(15)30)23-2-8-31-7-1-14(29)27-3-5-28(6-4-27)17-24-10-12(9-22)32-17/h10-11H,1-8H2,(H2,23,26,30). The van der Waals surface area contributed by atoms with Gasteiger partial charge in [0.25, 0.3) is 5.56 Å². The highest BCUT2D eigenvalue weighted by Crippen LogP contribution is 2.31. The molecule has 0 bridgehead atoms. The van der Waals surface area contributed by atoms with Gasteiger partial charge in [-0.1, -0.05) is 11.3 Å². The number of hydrogen-bond acceptors (Lipinski definition) is 9. The van der Waals surface area contributed by atoms with E-state index in [9.17, 15) is 22.8 Å². The average molecular weight is 471 g/mol. The van der Waals surface area contributed by atoms with Crippen LogP contribution in [0.5, 0.6) is 0 Å². The third kappa shape index (κ3) is 5.95. The smallest absolute Gasteiger partial charge is 0.381 e. The van der Waals surface area contributed by atoms with Gasteiger partial charge in [0, 0.05) is 32.7 Å². The Morgan fingerprint density at radius 1 is 1.28 bits per heavy atom. The number of aromatic amines is 1. The molecule has 3 heterocycles. The lowest BCUT2D eigenvalue weighted by atomic mass is 10.2.